The number of rotatable bonds is 4. The van der Waals surface area contributed by atoms with Gasteiger partial charge in [-0.3, -0.25) is 4.79 Å². The minimum absolute atomic E-state index is 0.451. The topological polar surface area (TPSA) is 64.7 Å². The van der Waals surface area contributed by atoms with E-state index in [0.717, 1.165) is 0 Å². The van der Waals surface area contributed by atoms with Gasteiger partial charge in [-0.05, 0) is 19.1 Å². The molecular weight excluding hydrogens is 251 g/mol. The molecule has 0 fully saturated rings. The molecule has 0 radical (unpaired) electrons. The molecule has 6 heteroatoms. The summed E-state index contributed by atoms with van der Waals surface area (Å²) in [6, 6.07) is 5.06. The number of carbonyl (C=O) groups excluding carboxylic acids is 1. The summed E-state index contributed by atoms with van der Waals surface area (Å²) in [6.07, 6.45) is 0.543. The summed E-state index contributed by atoms with van der Waals surface area (Å²) in [5, 5.41) is 4.49. The summed E-state index contributed by atoms with van der Waals surface area (Å²) < 4.78 is 0. The molecule has 0 aliphatic rings. The van der Waals surface area contributed by atoms with Gasteiger partial charge in [-0.1, -0.05) is 34.4 Å². The lowest BCUT2D eigenvalue weighted by atomic mass is 10.2. The van der Waals surface area contributed by atoms with E-state index in [1.807, 2.05) is 0 Å². The van der Waals surface area contributed by atoms with E-state index >= 15 is 0 Å². The lowest BCUT2D eigenvalue weighted by Gasteiger charge is -2.04. The van der Waals surface area contributed by atoms with Crippen molar-refractivity contribution in [2.24, 2.45) is 10.9 Å². The third-order valence-electron chi connectivity index (χ3n) is 1.80. The molecule has 1 unspecified atom stereocenters. The van der Waals surface area contributed by atoms with Gasteiger partial charge in [-0.15, -0.1) is 0 Å². The first-order valence-electron chi connectivity index (χ1n) is 4.45. The monoisotopic (exact) mass is 260 g/mol. The molecule has 0 spiro atoms. The predicted octanol–water partition coefficient (Wildman–Crippen LogP) is 2.22. The van der Waals surface area contributed by atoms with Crippen LogP contribution in [-0.2, 0) is 9.63 Å². The highest BCUT2D eigenvalue weighted by Crippen LogP contribution is 2.22. The minimum atomic E-state index is -0.794. The first kappa shape index (κ1) is 12.8. The first-order chi connectivity index (χ1) is 7.52. The van der Waals surface area contributed by atoms with Crippen molar-refractivity contribution in [3.63, 3.8) is 0 Å². The molecule has 0 aliphatic heterocycles. The van der Waals surface area contributed by atoms with E-state index in [-0.39, 0.29) is 0 Å². The minimum Gasteiger partial charge on any atom is -0.383 e. The fourth-order valence-corrected chi connectivity index (χ4v) is 1.36. The number of nitrogens with zero attached hydrogens (tertiary/aromatic N) is 1. The van der Waals surface area contributed by atoms with E-state index in [4.69, 9.17) is 33.8 Å². The van der Waals surface area contributed by atoms with Gasteiger partial charge in [0.15, 0.2) is 0 Å². The van der Waals surface area contributed by atoms with Crippen LogP contribution >= 0.6 is 23.2 Å². The van der Waals surface area contributed by atoms with Gasteiger partial charge in [0.1, 0.15) is 0 Å². The van der Waals surface area contributed by atoms with Crippen LogP contribution in [0.3, 0.4) is 0 Å². The Labute approximate surface area is 103 Å². The number of halogens is 2. The second-order valence-electron chi connectivity index (χ2n) is 3.02. The second kappa shape index (κ2) is 5.72. The van der Waals surface area contributed by atoms with Crippen molar-refractivity contribution in [3.8, 4) is 0 Å². The SMILES string of the molecule is CC(ON=Cc1c(Cl)cccc1Cl)C(N)=O. The lowest BCUT2D eigenvalue weighted by molar-refractivity contribution is -0.128. The quantitative estimate of drug-likeness (QED) is 0.667. The number of benzene rings is 1. The average molecular weight is 261 g/mol. The fraction of sp³-hybridized carbons (Fsp3) is 0.200. The second-order valence-corrected chi connectivity index (χ2v) is 3.83. The maximum absolute atomic E-state index is 10.6. The van der Waals surface area contributed by atoms with Gasteiger partial charge in [-0.2, -0.15) is 0 Å². The van der Waals surface area contributed by atoms with Crippen molar-refractivity contribution in [2.75, 3.05) is 0 Å². The van der Waals surface area contributed by atoms with Crippen LogP contribution in [0.2, 0.25) is 10.0 Å². The fourth-order valence-electron chi connectivity index (χ4n) is 0.860. The van der Waals surface area contributed by atoms with Crippen molar-refractivity contribution in [1.82, 2.24) is 0 Å². The zero-order valence-corrected chi connectivity index (χ0v) is 10.00. The molecule has 4 nitrogen and oxygen atoms in total. The van der Waals surface area contributed by atoms with Crippen molar-refractivity contribution < 1.29 is 9.63 Å². The summed E-state index contributed by atoms with van der Waals surface area (Å²) in [7, 11) is 0. The molecule has 1 amide bonds. The third kappa shape index (κ3) is 3.40. The van der Waals surface area contributed by atoms with Gasteiger partial charge < -0.3 is 10.6 Å². The normalized spacial score (nSPS) is 12.7. The predicted molar refractivity (Wildman–Crippen MR) is 63.8 cm³/mol. The zero-order chi connectivity index (χ0) is 12.1. The highest BCUT2D eigenvalue weighted by Gasteiger charge is 2.08. The first-order valence-corrected chi connectivity index (χ1v) is 5.20. The molecule has 1 aromatic rings. The van der Waals surface area contributed by atoms with Crippen LogP contribution < -0.4 is 5.73 Å². The number of amides is 1. The molecule has 16 heavy (non-hydrogen) atoms. The maximum atomic E-state index is 10.6. The summed E-state index contributed by atoms with van der Waals surface area (Å²) in [4.78, 5) is 15.4. The van der Waals surface area contributed by atoms with Crippen LogP contribution in [0.25, 0.3) is 0 Å². The van der Waals surface area contributed by atoms with Crippen molar-refractivity contribution in [2.45, 2.75) is 13.0 Å². The van der Waals surface area contributed by atoms with E-state index in [1.165, 1.54) is 13.1 Å². The van der Waals surface area contributed by atoms with Gasteiger partial charge >= 0.3 is 0 Å². The van der Waals surface area contributed by atoms with E-state index in [1.54, 1.807) is 18.2 Å². The standard InChI is InChI=1S/C10H10Cl2N2O2/c1-6(10(13)15)16-14-5-7-8(11)3-2-4-9(7)12/h2-6H,1H3,(H2,13,15). The van der Waals surface area contributed by atoms with Gasteiger partial charge in [0.05, 0.1) is 16.3 Å². The van der Waals surface area contributed by atoms with E-state index in [2.05, 4.69) is 5.16 Å². The smallest absolute Gasteiger partial charge is 0.261 e. The number of nitrogens with two attached hydrogens (primary N) is 1. The highest BCUT2D eigenvalue weighted by atomic mass is 35.5. The molecule has 86 valence electrons. The molecule has 1 atom stereocenters. The molecule has 0 saturated heterocycles. The van der Waals surface area contributed by atoms with E-state index in [9.17, 15) is 4.79 Å². The Morgan fingerprint density at radius 3 is 2.56 bits per heavy atom. The Morgan fingerprint density at radius 2 is 2.06 bits per heavy atom. The summed E-state index contributed by atoms with van der Waals surface area (Å²) in [5.74, 6) is -0.595. The Morgan fingerprint density at radius 1 is 1.50 bits per heavy atom. The van der Waals surface area contributed by atoms with Crippen LogP contribution in [0.4, 0.5) is 0 Å². The number of hydrogen-bond acceptors (Lipinski definition) is 3. The number of carbonyl (C=O) groups is 1. The molecule has 0 heterocycles. The lowest BCUT2D eigenvalue weighted by Crippen LogP contribution is -2.26. The van der Waals surface area contributed by atoms with Crippen molar-refractivity contribution in [1.29, 1.82) is 0 Å². The maximum Gasteiger partial charge on any atom is 0.261 e. The average Bonchev–Trinajstić information content (AvgIpc) is 2.22. The molecule has 2 N–H and O–H groups in total. The molecule has 0 aromatic heterocycles. The van der Waals surface area contributed by atoms with E-state index < -0.39 is 12.0 Å². The van der Waals surface area contributed by atoms with Gasteiger partial charge in [0, 0.05) is 5.56 Å². The van der Waals surface area contributed by atoms with Gasteiger partial charge in [0.25, 0.3) is 5.91 Å². The number of oxime groups is 1. The van der Waals surface area contributed by atoms with Crippen LogP contribution in [0.15, 0.2) is 23.4 Å². The zero-order valence-electron chi connectivity index (χ0n) is 8.48. The van der Waals surface area contributed by atoms with Crippen molar-refractivity contribution >= 4 is 35.3 Å². The Kier molecular flexibility index (Phi) is 4.58. The van der Waals surface area contributed by atoms with E-state index in [0.29, 0.717) is 15.6 Å². The third-order valence-corrected chi connectivity index (χ3v) is 2.46. The number of primary amides is 1. The number of hydrogen-bond donors (Lipinski definition) is 1. The van der Waals surface area contributed by atoms with Gasteiger partial charge in [-0.25, -0.2) is 0 Å². The Bertz CT molecular complexity index is 401. The van der Waals surface area contributed by atoms with Crippen LogP contribution in [-0.4, -0.2) is 18.2 Å². The molecule has 0 bridgehead atoms. The molecule has 0 aliphatic carbocycles. The summed E-state index contributed by atoms with van der Waals surface area (Å²) in [5.41, 5.74) is 5.52. The summed E-state index contributed by atoms with van der Waals surface area (Å²) >= 11 is 11.8. The largest absolute Gasteiger partial charge is 0.383 e. The molecule has 1 rings (SSSR count). The Hall–Kier alpha value is -1.26. The molecule has 1 aromatic carbocycles. The van der Waals surface area contributed by atoms with Crippen LogP contribution in [0.1, 0.15) is 12.5 Å². The van der Waals surface area contributed by atoms with Crippen LogP contribution in [0.5, 0.6) is 0 Å². The van der Waals surface area contributed by atoms with Gasteiger partial charge in [0.2, 0.25) is 6.10 Å². The molecule has 0 saturated carbocycles. The molecular formula is C10H10Cl2N2O2. The summed E-state index contributed by atoms with van der Waals surface area (Å²) in [6.45, 7) is 1.49. The highest BCUT2D eigenvalue weighted by molar-refractivity contribution is 6.38. The Balaban J connectivity index is 2.73. The van der Waals surface area contributed by atoms with Crippen LogP contribution in [0, 0.1) is 0 Å². The van der Waals surface area contributed by atoms with Crippen molar-refractivity contribution in [3.05, 3.63) is 33.8 Å².